The Morgan fingerprint density at radius 1 is 1.45 bits per heavy atom. The summed E-state index contributed by atoms with van der Waals surface area (Å²) < 4.78 is 0. The highest BCUT2D eigenvalue weighted by molar-refractivity contribution is 7.99. The topological polar surface area (TPSA) is 66.1 Å². The van der Waals surface area contributed by atoms with Crippen LogP contribution in [-0.4, -0.2) is 39.6 Å². The summed E-state index contributed by atoms with van der Waals surface area (Å²) in [6.07, 6.45) is 1.18. The molecule has 1 aromatic heterocycles. The fourth-order valence-electron chi connectivity index (χ4n) is 2.71. The predicted octanol–water partition coefficient (Wildman–Crippen LogP) is 1.67. The standard InChI is InChI=1S/C14H21N3O2S/c1-9-4-10(2)7-17(6-9)13(19)8-20-14-15-11(3)5-12(18)16-14/h5,9-10H,4,6-8H2,1-3H3,(H,15,16,18). The molecule has 0 bridgehead atoms. The highest BCUT2D eigenvalue weighted by Crippen LogP contribution is 2.22. The van der Waals surface area contributed by atoms with E-state index in [-0.39, 0.29) is 11.5 Å². The highest BCUT2D eigenvalue weighted by Gasteiger charge is 2.25. The van der Waals surface area contributed by atoms with Crippen molar-refractivity contribution in [2.24, 2.45) is 11.8 Å². The molecule has 20 heavy (non-hydrogen) atoms. The molecule has 2 rings (SSSR count). The Bertz CT molecular complexity index is 533. The van der Waals surface area contributed by atoms with E-state index in [1.165, 1.54) is 24.2 Å². The largest absolute Gasteiger partial charge is 0.341 e. The molecule has 0 spiro atoms. The number of aryl methyl sites for hydroxylation is 1. The van der Waals surface area contributed by atoms with E-state index in [9.17, 15) is 9.59 Å². The van der Waals surface area contributed by atoms with Gasteiger partial charge in [-0.05, 0) is 25.2 Å². The molecule has 0 aromatic carbocycles. The van der Waals surface area contributed by atoms with E-state index in [2.05, 4.69) is 23.8 Å². The molecule has 1 aliphatic heterocycles. The van der Waals surface area contributed by atoms with E-state index in [4.69, 9.17) is 0 Å². The number of likely N-dealkylation sites (tertiary alicyclic amines) is 1. The average Bonchev–Trinajstić information content (AvgIpc) is 2.33. The molecule has 1 N–H and O–H groups in total. The number of nitrogens with one attached hydrogen (secondary N) is 1. The molecule has 5 nitrogen and oxygen atoms in total. The Labute approximate surface area is 123 Å². The summed E-state index contributed by atoms with van der Waals surface area (Å²) >= 11 is 1.30. The van der Waals surface area contributed by atoms with Gasteiger partial charge in [0.05, 0.1) is 5.75 Å². The van der Waals surface area contributed by atoms with E-state index in [1.54, 1.807) is 6.92 Å². The van der Waals surface area contributed by atoms with Gasteiger partial charge in [-0.15, -0.1) is 0 Å². The van der Waals surface area contributed by atoms with Crippen LogP contribution in [0.2, 0.25) is 0 Å². The van der Waals surface area contributed by atoms with Crippen LogP contribution in [0, 0.1) is 18.8 Å². The quantitative estimate of drug-likeness (QED) is 0.680. The maximum absolute atomic E-state index is 12.2. The normalized spacial score (nSPS) is 22.9. The molecule has 0 saturated carbocycles. The first-order valence-electron chi connectivity index (χ1n) is 6.92. The van der Waals surface area contributed by atoms with Gasteiger partial charge in [-0.1, -0.05) is 25.6 Å². The lowest BCUT2D eigenvalue weighted by atomic mass is 9.92. The van der Waals surface area contributed by atoms with Crippen molar-refractivity contribution in [2.45, 2.75) is 32.3 Å². The van der Waals surface area contributed by atoms with Crippen LogP contribution in [-0.2, 0) is 4.79 Å². The number of aromatic amines is 1. The van der Waals surface area contributed by atoms with E-state index in [0.717, 1.165) is 13.1 Å². The van der Waals surface area contributed by atoms with Gasteiger partial charge in [0.25, 0.3) is 5.56 Å². The van der Waals surface area contributed by atoms with Gasteiger partial charge in [0.1, 0.15) is 0 Å². The monoisotopic (exact) mass is 295 g/mol. The second kappa shape index (κ2) is 6.43. The fraction of sp³-hybridized carbons (Fsp3) is 0.643. The minimum absolute atomic E-state index is 0.123. The van der Waals surface area contributed by atoms with Crippen molar-refractivity contribution in [2.75, 3.05) is 18.8 Å². The van der Waals surface area contributed by atoms with Gasteiger partial charge in [0.2, 0.25) is 5.91 Å². The lowest BCUT2D eigenvalue weighted by Gasteiger charge is -2.34. The van der Waals surface area contributed by atoms with Crippen LogP contribution in [0.3, 0.4) is 0 Å². The van der Waals surface area contributed by atoms with Crippen LogP contribution < -0.4 is 5.56 Å². The number of hydrogen-bond acceptors (Lipinski definition) is 4. The number of rotatable bonds is 3. The number of nitrogens with zero attached hydrogens (tertiary/aromatic N) is 2. The Hall–Kier alpha value is -1.30. The smallest absolute Gasteiger partial charge is 0.251 e. The minimum atomic E-state index is -0.173. The van der Waals surface area contributed by atoms with Crippen LogP contribution in [0.15, 0.2) is 16.0 Å². The second-order valence-corrected chi connectivity index (χ2v) is 6.69. The van der Waals surface area contributed by atoms with Gasteiger partial charge in [-0.25, -0.2) is 4.98 Å². The number of carbonyl (C=O) groups is 1. The number of carbonyl (C=O) groups excluding carboxylic acids is 1. The number of hydrogen-bond donors (Lipinski definition) is 1. The Morgan fingerprint density at radius 3 is 2.70 bits per heavy atom. The van der Waals surface area contributed by atoms with Crippen LogP contribution in [0.5, 0.6) is 0 Å². The van der Waals surface area contributed by atoms with Gasteiger partial charge < -0.3 is 9.88 Å². The third-order valence-corrected chi connectivity index (χ3v) is 4.26. The average molecular weight is 295 g/mol. The van der Waals surface area contributed by atoms with E-state index < -0.39 is 0 Å². The number of thioether (sulfide) groups is 1. The zero-order valence-electron chi connectivity index (χ0n) is 12.2. The predicted molar refractivity (Wildman–Crippen MR) is 79.8 cm³/mol. The lowest BCUT2D eigenvalue weighted by Crippen LogP contribution is -2.43. The summed E-state index contributed by atoms with van der Waals surface area (Å²) in [4.78, 5) is 32.4. The zero-order chi connectivity index (χ0) is 14.7. The number of amides is 1. The van der Waals surface area contributed by atoms with Crippen molar-refractivity contribution < 1.29 is 4.79 Å². The Balaban J connectivity index is 1.93. The summed E-state index contributed by atoms with van der Waals surface area (Å²) in [5.41, 5.74) is 0.497. The summed E-state index contributed by atoms with van der Waals surface area (Å²) in [6.45, 7) is 7.81. The SMILES string of the molecule is Cc1cc(=O)[nH]c(SCC(=O)N2CC(C)CC(C)C2)n1. The number of piperidine rings is 1. The third-order valence-electron chi connectivity index (χ3n) is 3.40. The maximum Gasteiger partial charge on any atom is 0.251 e. The van der Waals surface area contributed by atoms with Crippen LogP contribution in [0.25, 0.3) is 0 Å². The molecule has 1 aliphatic rings. The summed E-state index contributed by atoms with van der Waals surface area (Å²) in [6, 6.07) is 1.44. The molecular formula is C14H21N3O2S. The molecule has 0 radical (unpaired) electrons. The van der Waals surface area contributed by atoms with E-state index >= 15 is 0 Å². The van der Waals surface area contributed by atoms with Crippen LogP contribution in [0.4, 0.5) is 0 Å². The van der Waals surface area contributed by atoms with Crippen molar-refractivity contribution in [1.29, 1.82) is 0 Å². The fourth-order valence-corrected chi connectivity index (χ4v) is 3.53. The second-order valence-electron chi connectivity index (χ2n) is 5.73. The first-order valence-corrected chi connectivity index (χ1v) is 7.91. The first kappa shape index (κ1) is 15.1. The molecule has 2 heterocycles. The van der Waals surface area contributed by atoms with Crippen molar-refractivity contribution in [1.82, 2.24) is 14.9 Å². The third kappa shape index (κ3) is 4.10. The molecule has 1 saturated heterocycles. The molecule has 2 unspecified atom stereocenters. The van der Waals surface area contributed by atoms with E-state index in [0.29, 0.717) is 28.4 Å². The van der Waals surface area contributed by atoms with Gasteiger partial charge in [-0.2, -0.15) is 0 Å². The molecule has 1 aromatic rings. The molecule has 1 amide bonds. The summed E-state index contributed by atoms with van der Waals surface area (Å²) in [5, 5.41) is 0.515. The van der Waals surface area contributed by atoms with E-state index in [1.807, 2.05) is 4.90 Å². The van der Waals surface area contributed by atoms with Gasteiger partial charge in [-0.3, -0.25) is 9.59 Å². The highest BCUT2D eigenvalue weighted by atomic mass is 32.2. The molecule has 1 fully saturated rings. The molecule has 2 atom stereocenters. The Kier molecular flexibility index (Phi) is 4.86. The van der Waals surface area contributed by atoms with Gasteiger partial charge in [0.15, 0.2) is 5.16 Å². The number of H-pyrrole nitrogens is 1. The van der Waals surface area contributed by atoms with Crippen molar-refractivity contribution in [3.05, 3.63) is 22.1 Å². The Morgan fingerprint density at radius 2 is 2.10 bits per heavy atom. The van der Waals surface area contributed by atoms with Crippen molar-refractivity contribution >= 4 is 17.7 Å². The molecule has 6 heteroatoms. The maximum atomic E-state index is 12.2. The minimum Gasteiger partial charge on any atom is -0.341 e. The summed E-state index contributed by atoms with van der Waals surface area (Å²) in [7, 11) is 0. The lowest BCUT2D eigenvalue weighted by molar-refractivity contribution is -0.130. The van der Waals surface area contributed by atoms with Gasteiger partial charge >= 0.3 is 0 Å². The summed E-state index contributed by atoms with van der Waals surface area (Å²) in [5.74, 6) is 1.57. The first-order chi connectivity index (χ1) is 9.44. The molecular weight excluding hydrogens is 274 g/mol. The van der Waals surface area contributed by atoms with Crippen LogP contribution in [0.1, 0.15) is 26.0 Å². The number of aromatic nitrogens is 2. The van der Waals surface area contributed by atoms with Crippen LogP contribution >= 0.6 is 11.8 Å². The van der Waals surface area contributed by atoms with Gasteiger partial charge in [0, 0.05) is 24.8 Å². The molecule has 0 aliphatic carbocycles. The molecule has 110 valence electrons. The van der Waals surface area contributed by atoms with Crippen molar-refractivity contribution in [3.8, 4) is 0 Å². The zero-order valence-corrected chi connectivity index (χ0v) is 13.0. The van der Waals surface area contributed by atoms with Crippen molar-refractivity contribution in [3.63, 3.8) is 0 Å².